The van der Waals surface area contributed by atoms with Crippen molar-refractivity contribution in [3.05, 3.63) is 89.0 Å². The Morgan fingerprint density at radius 1 is 1.09 bits per heavy atom. The van der Waals surface area contributed by atoms with E-state index >= 15 is 0 Å². The second-order valence-electron chi connectivity index (χ2n) is 7.57. The molecule has 5 aromatic rings. The van der Waals surface area contributed by atoms with Crippen LogP contribution in [0.3, 0.4) is 0 Å². The van der Waals surface area contributed by atoms with Crippen LogP contribution in [-0.2, 0) is 13.0 Å². The largest absolute Gasteiger partial charge is 0.497 e. The number of ether oxygens (including phenoxy) is 1. The molecule has 0 unspecified atom stereocenters. The summed E-state index contributed by atoms with van der Waals surface area (Å²) in [6.45, 7) is 0.920. The number of rotatable bonds is 7. The van der Waals surface area contributed by atoms with Crippen LogP contribution < -0.4 is 10.1 Å². The Labute approximate surface area is 194 Å². The Bertz CT molecular complexity index is 1440. The van der Waals surface area contributed by atoms with Gasteiger partial charge in [-0.2, -0.15) is 5.10 Å². The van der Waals surface area contributed by atoms with E-state index < -0.39 is 0 Å². The topological polar surface area (TPSA) is 86.3 Å². The molecule has 0 bridgehead atoms. The first-order valence-corrected chi connectivity index (χ1v) is 10.9. The van der Waals surface area contributed by atoms with Crippen molar-refractivity contribution in [2.45, 2.75) is 13.0 Å². The maximum absolute atomic E-state index is 13.1. The fraction of sp³-hybridized carbons (Fsp3) is 0.167. The summed E-state index contributed by atoms with van der Waals surface area (Å²) in [5.41, 5.74) is 3.01. The Kier molecular flexibility index (Phi) is 5.66. The molecule has 0 aliphatic rings. The summed E-state index contributed by atoms with van der Waals surface area (Å²) in [5, 5.41) is 17.4. The average Bonchev–Trinajstić information content (AvgIpc) is 3.42. The number of amides is 1. The van der Waals surface area contributed by atoms with Gasteiger partial charge in [0.1, 0.15) is 11.6 Å². The van der Waals surface area contributed by atoms with Crippen LogP contribution in [0.25, 0.3) is 16.6 Å². The first-order valence-electron chi connectivity index (χ1n) is 10.5. The van der Waals surface area contributed by atoms with Gasteiger partial charge >= 0.3 is 0 Å². The van der Waals surface area contributed by atoms with Gasteiger partial charge in [0.15, 0.2) is 11.3 Å². The average molecular weight is 461 g/mol. The number of methoxy groups -OCH3 is 1. The van der Waals surface area contributed by atoms with E-state index in [2.05, 4.69) is 20.6 Å². The van der Waals surface area contributed by atoms with Crippen LogP contribution in [0.1, 0.15) is 21.9 Å². The zero-order valence-corrected chi connectivity index (χ0v) is 18.7. The van der Waals surface area contributed by atoms with E-state index in [0.717, 1.165) is 27.9 Å². The highest BCUT2D eigenvalue weighted by molar-refractivity contribution is 6.30. The molecule has 8 nitrogen and oxygen atoms in total. The van der Waals surface area contributed by atoms with Crippen LogP contribution in [0.4, 0.5) is 0 Å². The molecule has 0 saturated carbocycles. The number of carbonyl (C=O) groups excluding carboxylic acids is 1. The van der Waals surface area contributed by atoms with Gasteiger partial charge in [-0.3, -0.25) is 13.9 Å². The van der Waals surface area contributed by atoms with Crippen LogP contribution in [0.15, 0.2) is 66.9 Å². The van der Waals surface area contributed by atoms with Crippen molar-refractivity contribution in [3.8, 4) is 5.75 Å². The summed E-state index contributed by atoms with van der Waals surface area (Å²) in [6.07, 6.45) is 2.45. The number of aromatic nitrogens is 5. The van der Waals surface area contributed by atoms with Crippen molar-refractivity contribution in [1.82, 2.24) is 29.7 Å². The van der Waals surface area contributed by atoms with Gasteiger partial charge in [0.2, 0.25) is 0 Å². The number of nitrogens with one attached hydrogen (secondary N) is 1. The highest BCUT2D eigenvalue weighted by atomic mass is 35.5. The standard InChI is InChI=1S/C24H21ClN6O2/c1-33-18-9-10-20-19(14-18)23(29-31(20)15-16-5-7-17(25)8-6-16)24(32)26-12-11-22-28-27-21-4-2-3-13-30(21)22/h2-10,13-14H,11-12,15H2,1H3,(H,26,32). The molecule has 3 heterocycles. The maximum Gasteiger partial charge on any atom is 0.272 e. The summed E-state index contributed by atoms with van der Waals surface area (Å²) in [7, 11) is 1.60. The van der Waals surface area contributed by atoms with E-state index in [1.54, 1.807) is 7.11 Å². The predicted octanol–water partition coefficient (Wildman–Crippen LogP) is 3.76. The maximum atomic E-state index is 13.1. The molecule has 1 amide bonds. The fourth-order valence-electron chi connectivity index (χ4n) is 3.77. The Morgan fingerprint density at radius 2 is 1.94 bits per heavy atom. The summed E-state index contributed by atoms with van der Waals surface area (Å²) in [5.74, 6) is 1.19. The second-order valence-corrected chi connectivity index (χ2v) is 8.00. The zero-order chi connectivity index (χ0) is 22.8. The van der Waals surface area contributed by atoms with Crippen molar-refractivity contribution in [2.75, 3.05) is 13.7 Å². The van der Waals surface area contributed by atoms with E-state index in [1.165, 1.54) is 0 Å². The Morgan fingerprint density at radius 3 is 2.76 bits per heavy atom. The molecule has 9 heteroatoms. The number of nitrogens with zero attached hydrogens (tertiary/aromatic N) is 5. The molecule has 0 aliphatic carbocycles. The quantitative estimate of drug-likeness (QED) is 0.399. The van der Waals surface area contributed by atoms with E-state index in [-0.39, 0.29) is 5.91 Å². The predicted molar refractivity (Wildman–Crippen MR) is 126 cm³/mol. The van der Waals surface area contributed by atoms with Crippen LogP contribution >= 0.6 is 11.6 Å². The Balaban J connectivity index is 1.38. The van der Waals surface area contributed by atoms with Crippen LogP contribution in [0.2, 0.25) is 5.02 Å². The summed E-state index contributed by atoms with van der Waals surface area (Å²) in [4.78, 5) is 13.1. The molecule has 5 rings (SSSR count). The fourth-order valence-corrected chi connectivity index (χ4v) is 3.90. The summed E-state index contributed by atoms with van der Waals surface area (Å²) in [6, 6.07) is 18.9. The highest BCUT2D eigenvalue weighted by Gasteiger charge is 2.18. The third-order valence-electron chi connectivity index (χ3n) is 5.44. The van der Waals surface area contributed by atoms with E-state index in [9.17, 15) is 4.79 Å². The number of hydrogen-bond acceptors (Lipinski definition) is 5. The number of pyridine rings is 1. The minimum absolute atomic E-state index is 0.253. The lowest BCUT2D eigenvalue weighted by Gasteiger charge is -2.05. The molecule has 1 N–H and O–H groups in total. The third kappa shape index (κ3) is 4.25. The lowest BCUT2D eigenvalue weighted by molar-refractivity contribution is 0.0949. The molecule has 33 heavy (non-hydrogen) atoms. The lowest BCUT2D eigenvalue weighted by atomic mass is 10.2. The first kappa shape index (κ1) is 21.0. The van der Waals surface area contributed by atoms with Gasteiger partial charge in [0.25, 0.3) is 5.91 Å². The molecule has 166 valence electrons. The minimum atomic E-state index is -0.253. The molecule has 3 aromatic heterocycles. The Hall–Kier alpha value is -3.91. The van der Waals surface area contributed by atoms with E-state index in [0.29, 0.717) is 36.0 Å². The van der Waals surface area contributed by atoms with Crippen LogP contribution in [0, 0.1) is 0 Å². The normalized spacial score (nSPS) is 11.2. The number of hydrogen-bond donors (Lipinski definition) is 1. The first-order chi connectivity index (χ1) is 16.1. The van der Waals surface area contributed by atoms with Gasteiger partial charge in [0.05, 0.1) is 19.2 Å². The van der Waals surface area contributed by atoms with Gasteiger partial charge in [0, 0.05) is 29.6 Å². The molecule has 0 aliphatic heterocycles. The van der Waals surface area contributed by atoms with Crippen molar-refractivity contribution in [1.29, 1.82) is 0 Å². The molecular formula is C24H21ClN6O2. The number of carbonyl (C=O) groups is 1. The molecule has 0 fully saturated rings. The van der Waals surface area contributed by atoms with E-state index in [4.69, 9.17) is 16.3 Å². The van der Waals surface area contributed by atoms with Crippen molar-refractivity contribution >= 4 is 34.1 Å². The van der Waals surface area contributed by atoms with Crippen molar-refractivity contribution in [2.24, 2.45) is 0 Å². The molecule has 0 radical (unpaired) electrons. The lowest BCUT2D eigenvalue weighted by Crippen LogP contribution is -2.27. The van der Waals surface area contributed by atoms with Crippen LogP contribution in [-0.4, -0.2) is 43.9 Å². The van der Waals surface area contributed by atoms with E-state index in [1.807, 2.05) is 75.9 Å². The third-order valence-corrected chi connectivity index (χ3v) is 5.69. The zero-order valence-electron chi connectivity index (χ0n) is 17.9. The van der Waals surface area contributed by atoms with Gasteiger partial charge < -0.3 is 10.1 Å². The molecule has 2 aromatic carbocycles. The number of benzene rings is 2. The second kappa shape index (κ2) is 8.91. The van der Waals surface area contributed by atoms with Crippen molar-refractivity contribution < 1.29 is 9.53 Å². The minimum Gasteiger partial charge on any atom is -0.497 e. The number of halogens is 1. The monoisotopic (exact) mass is 460 g/mol. The number of fused-ring (bicyclic) bond motifs is 2. The molecule has 0 saturated heterocycles. The van der Waals surface area contributed by atoms with Crippen molar-refractivity contribution in [3.63, 3.8) is 0 Å². The summed E-state index contributed by atoms with van der Waals surface area (Å²) < 4.78 is 9.10. The summed E-state index contributed by atoms with van der Waals surface area (Å²) >= 11 is 6.01. The van der Waals surface area contributed by atoms with Gasteiger partial charge in [-0.05, 0) is 48.0 Å². The highest BCUT2D eigenvalue weighted by Crippen LogP contribution is 2.25. The molecule has 0 atom stereocenters. The van der Waals surface area contributed by atoms with Gasteiger partial charge in [-0.15, -0.1) is 10.2 Å². The SMILES string of the molecule is COc1ccc2c(c1)c(C(=O)NCCc1nnc3ccccn13)nn2Cc1ccc(Cl)cc1. The molecular weight excluding hydrogens is 440 g/mol. The van der Waals surface area contributed by atoms with Crippen LogP contribution in [0.5, 0.6) is 5.75 Å². The molecule has 0 spiro atoms. The van der Waals surface area contributed by atoms with Gasteiger partial charge in [-0.25, -0.2) is 0 Å². The smallest absolute Gasteiger partial charge is 0.272 e. The van der Waals surface area contributed by atoms with Gasteiger partial charge in [-0.1, -0.05) is 29.8 Å².